The van der Waals surface area contributed by atoms with Crippen molar-refractivity contribution in [3.05, 3.63) is 64.7 Å². The SMILES string of the molecule is COc1cccc(C2=CC3(CCN(C(=O)Nc4cc(C(F)(F)F)ccc4Cl)CC3)ON2)c1. The van der Waals surface area contributed by atoms with Gasteiger partial charge in [-0.1, -0.05) is 23.7 Å². The summed E-state index contributed by atoms with van der Waals surface area (Å²) in [5.74, 6) is 0.728. The second kappa shape index (κ2) is 8.55. The van der Waals surface area contributed by atoms with Gasteiger partial charge in [-0.3, -0.25) is 10.3 Å². The molecule has 2 amide bonds. The molecule has 0 aromatic heterocycles. The molecule has 2 aromatic rings. The van der Waals surface area contributed by atoms with Crippen LogP contribution in [0.4, 0.5) is 23.7 Å². The lowest BCUT2D eigenvalue weighted by Gasteiger charge is -2.36. The Balaban J connectivity index is 1.41. The number of hydrogen-bond donors (Lipinski definition) is 2. The van der Waals surface area contributed by atoms with E-state index in [1.165, 1.54) is 4.90 Å². The fourth-order valence-corrected chi connectivity index (χ4v) is 3.90. The Kier molecular flexibility index (Phi) is 5.96. The summed E-state index contributed by atoms with van der Waals surface area (Å²) in [7, 11) is 1.60. The summed E-state index contributed by atoms with van der Waals surface area (Å²) >= 11 is 5.98. The summed E-state index contributed by atoms with van der Waals surface area (Å²) < 4.78 is 44.1. The number of halogens is 4. The number of alkyl halides is 3. The van der Waals surface area contributed by atoms with Gasteiger partial charge in [0.2, 0.25) is 0 Å². The van der Waals surface area contributed by atoms with Crippen molar-refractivity contribution >= 4 is 29.0 Å². The highest BCUT2D eigenvalue weighted by atomic mass is 35.5. The third-order valence-electron chi connectivity index (χ3n) is 5.58. The summed E-state index contributed by atoms with van der Waals surface area (Å²) in [5, 5.41) is 2.52. The van der Waals surface area contributed by atoms with Crippen molar-refractivity contribution in [2.45, 2.75) is 24.6 Å². The van der Waals surface area contributed by atoms with E-state index in [1.807, 2.05) is 30.3 Å². The van der Waals surface area contributed by atoms with E-state index in [0.717, 1.165) is 35.2 Å². The van der Waals surface area contributed by atoms with Gasteiger partial charge in [-0.15, -0.1) is 0 Å². The Morgan fingerprint density at radius 3 is 2.66 bits per heavy atom. The molecule has 1 spiro atoms. The molecule has 170 valence electrons. The van der Waals surface area contributed by atoms with Gasteiger partial charge in [-0.25, -0.2) is 4.79 Å². The maximum atomic E-state index is 13.0. The number of benzene rings is 2. The third-order valence-corrected chi connectivity index (χ3v) is 5.91. The molecule has 32 heavy (non-hydrogen) atoms. The number of carbonyl (C=O) groups is 1. The van der Waals surface area contributed by atoms with Crippen LogP contribution in [0, 0.1) is 0 Å². The van der Waals surface area contributed by atoms with Crippen LogP contribution < -0.4 is 15.5 Å². The second-order valence-electron chi connectivity index (χ2n) is 7.67. The predicted molar refractivity (Wildman–Crippen MR) is 114 cm³/mol. The normalized spacial score (nSPS) is 17.7. The van der Waals surface area contributed by atoms with Crippen molar-refractivity contribution < 1.29 is 27.5 Å². The first-order chi connectivity index (χ1) is 15.2. The number of likely N-dealkylation sites (tertiary alicyclic amines) is 1. The van der Waals surface area contributed by atoms with Crippen LogP contribution in [0.2, 0.25) is 5.02 Å². The number of methoxy groups -OCH3 is 1. The fraction of sp³-hybridized carbons (Fsp3) is 0.318. The van der Waals surface area contributed by atoms with Crippen molar-refractivity contribution in [1.29, 1.82) is 0 Å². The first-order valence-corrected chi connectivity index (χ1v) is 10.3. The molecule has 2 N–H and O–H groups in total. The minimum absolute atomic E-state index is 0.0361. The van der Waals surface area contributed by atoms with E-state index in [0.29, 0.717) is 25.9 Å². The summed E-state index contributed by atoms with van der Waals surface area (Å²) in [5.41, 5.74) is 3.17. The van der Waals surface area contributed by atoms with Gasteiger partial charge in [-0.2, -0.15) is 13.2 Å². The molecule has 0 saturated carbocycles. The van der Waals surface area contributed by atoms with E-state index in [4.69, 9.17) is 21.2 Å². The average Bonchev–Trinajstić information content (AvgIpc) is 3.18. The number of piperidine rings is 1. The lowest BCUT2D eigenvalue weighted by molar-refractivity contribution is -0.137. The van der Waals surface area contributed by atoms with Gasteiger partial charge >= 0.3 is 12.2 Å². The number of nitrogens with one attached hydrogen (secondary N) is 2. The van der Waals surface area contributed by atoms with Crippen LogP contribution in [-0.2, 0) is 11.0 Å². The number of hydrogen-bond acceptors (Lipinski definition) is 4. The molecule has 1 saturated heterocycles. The van der Waals surface area contributed by atoms with Crippen LogP contribution in [0.3, 0.4) is 0 Å². The van der Waals surface area contributed by atoms with E-state index in [-0.39, 0.29) is 10.7 Å². The van der Waals surface area contributed by atoms with Crippen molar-refractivity contribution in [3.8, 4) is 5.75 Å². The molecule has 2 heterocycles. The molecule has 2 aromatic carbocycles. The molecule has 0 atom stereocenters. The van der Waals surface area contributed by atoms with Gasteiger partial charge in [-0.05, 0) is 36.4 Å². The van der Waals surface area contributed by atoms with Gasteiger partial charge in [0.25, 0.3) is 0 Å². The van der Waals surface area contributed by atoms with Crippen LogP contribution in [0.1, 0.15) is 24.0 Å². The lowest BCUT2D eigenvalue weighted by atomic mass is 9.90. The highest BCUT2D eigenvalue weighted by molar-refractivity contribution is 6.33. The van der Waals surface area contributed by atoms with E-state index in [9.17, 15) is 18.0 Å². The number of carbonyl (C=O) groups excluding carboxylic acids is 1. The van der Waals surface area contributed by atoms with Gasteiger partial charge in [0.15, 0.2) is 0 Å². The molecular formula is C22H21ClF3N3O3. The van der Waals surface area contributed by atoms with E-state index in [2.05, 4.69) is 10.8 Å². The number of ether oxygens (including phenoxy) is 1. The third kappa shape index (κ3) is 4.63. The van der Waals surface area contributed by atoms with Gasteiger partial charge in [0, 0.05) is 31.5 Å². The molecule has 0 bridgehead atoms. The van der Waals surface area contributed by atoms with Gasteiger partial charge in [0.1, 0.15) is 11.4 Å². The average molecular weight is 468 g/mol. The molecule has 6 nitrogen and oxygen atoms in total. The molecule has 0 aliphatic carbocycles. The van der Waals surface area contributed by atoms with Crippen LogP contribution in [0.25, 0.3) is 5.70 Å². The Morgan fingerprint density at radius 1 is 1.22 bits per heavy atom. The molecule has 1 fully saturated rings. The van der Waals surface area contributed by atoms with Crippen molar-refractivity contribution in [3.63, 3.8) is 0 Å². The Hall–Kier alpha value is -2.91. The molecule has 2 aliphatic heterocycles. The zero-order chi connectivity index (χ0) is 22.9. The zero-order valence-electron chi connectivity index (χ0n) is 17.1. The fourth-order valence-electron chi connectivity index (χ4n) is 3.74. The number of anilines is 1. The molecule has 10 heteroatoms. The Labute approximate surface area is 187 Å². The molecule has 0 radical (unpaired) electrons. The highest BCUT2D eigenvalue weighted by Gasteiger charge is 2.40. The van der Waals surface area contributed by atoms with Crippen molar-refractivity contribution in [2.24, 2.45) is 0 Å². The van der Waals surface area contributed by atoms with Crippen LogP contribution in [-0.4, -0.2) is 36.7 Å². The first kappa shape index (κ1) is 22.3. The Morgan fingerprint density at radius 2 is 1.97 bits per heavy atom. The number of urea groups is 1. The topological polar surface area (TPSA) is 62.8 Å². The van der Waals surface area contributed by atoms with Gasteiger partial charge in [0.05, 0.1) is 29.1 Å². The predicted octanol–water partition coefficient (Wildman–Crippen LogP) is 5.31. The zero-order valence-corrected chi connectivity index (χ0v) is 17.9. The maximum absolute atomic E-state index is 13.0. The maximum Gasteiger partial charge on any atom is 0.416 e. The standard InChI is InChI=1S/C22H21ClF3N3O3/c1-31-16-4-2-3-14(11-16)19-13-21(32-28-19)7-9-29(10-8-21)20(30)27-18-12-15(22(24,25)26)5-6-17(18)23/h2-6,11-13,28H,7-10H2,1H3,(H,27,30). The van der Waals surface area contributed by atoms with Crippen LogP contribution in [0.15, 0.2) is 48.5 Å². The van der Waals surface area contributed by atoms with Crippen molar-refractivity contribution in [2.75, 3.05) is 25.5 Å². The minimum Gasteiger partial charge on any atom is -0.497 e. The second-order valence-corrected chi connectivity index (χ2v) is 8.08. The summed E-state index contributed by atoms with van der Waals surface area (Å²) in [6.45, 7) is 0.734. The highest BCUT2D eigenvalue weighted by Crippen LogP contribution is 2.36. The first-order valence-electron chi connectivity index (χ1n) is 9.93. The number of amides is 2. The monoisotopic (exact) mass is 467 g/mol. The largest absolute Gasteiger partial charge is 0.497 e. The lowest BCUT2D eigenvalue weighted by Crippen LogP contribution is -2.48. The summed E-state index contributed by atoms with van der Waals surface area (Å²) in [6.07, 6.45) is -1.48. The number of nitrogens with zero attached hydrogens (tertiary/aromatic N) is 1. The quantitative estimate of drug-likeness (QED) is 0.642. The van der Waals surface area contributed by atoms with Crippen LogP contribution in [0.5, 0.6) is 5.75 Å². The summed E-state index contributed by atoms with van der Waals surface area (Å²) in [4.78, 5) is 20.0. The minimum atomic E-state index is -4.53. The van der Waals surface area contributed by atoms with E-state index < -0.39 is 23.4 Å². The summed E-state index contributed by atoms with van der Waals surface area (Å²) in [6, 6.07) is 9.88. The Bertz CT molecular complexity index is 1050. The molecule has 2 aliphatic rings. The van der Waals surface area contributed by atoms with E-state index >= 15 is 0 Å². The number of hydroxylamine groups is 1. The van der Waals surface area contributed by atoms with Gasteiger partial charge < -0.3 is 15.0 Å². The van der Waals surface area contributed by atoms with E-state index in [1.54, 1.807) is 7.11 Å². The molecular weight excluding hydrogens is 447 g/mol. The number of rotatable bonds is 3. The van der Waals surface area contributed by atoms with Crippen molar-refractivity contribution in [1.82, 2.24) is 10.4 Å². The van der Waals surface area contributed by atoms with Crippen LogP contribution >= 0.6 is 11.6 Å². The molecule has 0 unspecified atom stereocenters. The smallest absolute Gasteiger partial charge is 0.416 e. The molecule has 4 rings (SSSR count).